The highest BCUT2D eigenvalue weighted by Gasteiger charge is 2.21. The molecule has 1 atom stereocenters. The molecule has 1 amide bonds. The van der Waals surface area contributed by atoms with Crippen LogP contribution in [0, 0.1) is 0 Å². The van der Waals surface area contributed by atoms with Crippen LogP contribution in [0.5, 0.6) is 0 Å². The molecule has 2 N–H and O–H groups in total. The number of hydrogen-bond acceptors (Lipinski definition) is 4. The summed E-state index contributed by atoms with van der Waals surface area (Å²) in [4.78, 5) is 11.3. The maximum absolute atomic E-state index is 11.3. The van der Waals surface area contributed by atoms with Gasteiger partial charge in [0.1, 0.15) is 0 Å². The summed E-state index contributed by atoms with van der Waals surface area (Å²) in [6, 6.07) is 0. The normalized spacial score (nSPS) is 23.6. The smallest absolute Gasteiger partial charge is 0.234 e. The quantitative estimate of drug-likeness (QED) is 0.681. The van der Waals surface area contributed by atoms with Gasteiger partial charge < -0.3 is 10.4 Å². The van der Waals surface area contributed by atoms with E-state index in [1.165, 1.54) is 0 Å². The Balaban J connectivity index is 2.20. The zero-order valence-corrected chi connectivity index (χ0v) is 8.42. The molecule has 0 spiro atoms. The average molecular weight is 207 g/mol. The van der Waals surface area contributed by atoms with Gasteiger partial charge in [-0.2, -0.15) is 11.8 Å². The third-order valence-corrected chi connectivity index (χ3v) is 4.27. The monoisotopic (exact) mass is 207 g/mol. The summed E-state index contributed by atoms with van der Waals surface area (Å²) in [6.07, 6.45) is 0. The highest BCUT2D eigenvalue weighted by atomic mass is 32.2. The van der Waals surface area contributed by atoms with Crippen LogP contribution in [0.1, 0.15) is 0 Å². The van der Waals surface area contributed by atoms with Crippen LogP contribution in [0.15, 0.2) is 0 Å². The molecular weight excluding hydrogens is 194 g/mol. The Hall–Kier alpha value is 0.130. The van der Waals surface area contributed by atoms with Crippen LogP contribution in [0.2, 0.25) is 0 Å². The highest BCUT2D eigenvalue weighted by Crippen LogP contribution is 2.23. The predicted molar refractivity (Wildman–Crippen MR) is 53.7 cm³/mol. The van der Waals surface area contributed by atoms with Crippen molar-refractivity contribution in [3.63, 3.8) is 0 Å². The topological polar surface area (TPSA) is 49.3 Å². The van der Waals surface area contributed by atoms with Crippen LogP contribution >= 0.6 is 23.5 Å². The summed E-state index contributed by atoms with van der Waals surface area (Å²) < 4.78 is 0. The summed E-state index contributed by atoms with van der Waals surface area (Å²) in [7, 11) is 0. The van der Waals surface area contributed by atoms with Crippen molar-refractivity contribution in [2.24, 2.45) is 0 Å². The molecule has 5 heteroatoms. The standard InChI is InChI=1S/C7H13NO2S2/c9-2-1-8-7(10)6-5-11-3-4-12-6/h6,9H,1-5H2,(H,8,10). The van der Waals surface area contributed by atoms with Gasteiger partial charge in [-0.25, -0.2) is 0 Å². The van der Waals surface area contributed by atoms with E-state index in [9.17, 15) is 4.79 Å². The van der Waals surface area contributed by atoms with Crippen molar-refractivity contribution in [3.8, 4) is 0 Å². The van der Waals surface area contributed by atoms with Crippen molar-refractivity contribution in [2.75, 3.05) is 30.4 Å². The molecule has 0 aromatic rings. The molecule has 1 heterocycles. The van der Waals surface area contributed by atoms with E-state index < -0.39 is 0 Å². The lowest BCUT2D eigenvalue weighted by Gasteiger charge is -2.19. The Morgan fingerprint density at radius 3 is 3.00 bits per heavy atom. The number of hydrogen-bond donors (Lipinski definition) is 2. The number of rotatable bonds is 3. The van der Waals surface area contributed by atoms with Crippen molar-refractivity contribution in [1.29, 1.82) is 0 Å². The number of aliphatic hydroxyl groups excluding tert-OH is 1. The molecule has 1 saturated heterocycles. The largest absolute Gasteiger partial charge is 0.395 e. The maximum Gasteiger partial charge on any atom is 0.234 e. The Kier molecular flexibility index (Phi) is 4.87. The van der Waals surface area contributed by atoms with Crippen LogP contribution in [0.4, 0.5) is 0 Å². The molecule has 0 saturated carbocycles. The second-order valence-corrected chi connectivity index (χ2v) is 4.91. The fourth-order valence-corrected chi connectivity index (χ4v) is 3.51. The molecule has 0 aliphatic carbocycles. The highest BCUT2D eigenvalue weighted by molar-refractivity contribution is 8.07. The van der Waals surface area contributed by atoms with E-state index >= 15 is 0 Å². The van der Waals surface area contributed by atoms with Crippen molar-refractivity contribution in [3.05, 3.63) is 0 Å². The third-order valence-electron chi connectivity index (χ3n) is 1.52. The lowest BCUT2D eigenvalue weighted by Crippen LogP contribution is -2.37. The molecule has 1 aliphatic rings. The SMILES string of the molecule is O=C(NCCO)C1CSCCS1. The van der Waals surface area contributed by atoms with Gasteiger partial charge in [-0.15, -0.1) is 11.8 Å². The summed E-state index contributed by atoms with van der Waals surface area (Å²) in [6.45, 7) is 0.400. The summed E-state index contributed by atoms with van der Waals surface area (Å²) in [5, 5.41) is 11.3. The molecular formula is C7H13NO2S2. The molecule has 1 unspecified atom stereocenters. The van der Waals surface area contributed by atoms with Gasteiger partial charge in [0, 0.05) is 23.8 Å². The first-order valence-corrected chi connectivity index (χ1v) is 6.13. The van der Waals surface area contributed by atoms with E-state index in [0.29, 0.717) is 6.54 Å². The minimum absolute atomic E-state index is 0.0241. The van der Waals surface area contributed by atoms with Crippen LogP contribution in [-0.4, -0.2) is 46.7 Å². The first-order valence-electron chi connectivity index (χ1n) is 3.92. The van der Waals surface area contributed by atoms with Crippen LogP contribution in [-0.2, 0) is 4.79 Å². The second-order valence-electron chi connectivity index (χ2n) is 2.45. The third kappa shape index (κ3) is 3.25. The van der Waals surface area contributed by atoms with E-state index in [2.05, 4.69) is 5.32 Å². The first kappa shape index (κ1) is 10.2. The van der Waals surface area contributed by atoms with Gasteiger partial charge in [-0.1, -0.05) is 0 Å². The molecule has 0 aromatic heterocycles. The number of amides is 1. The fourth-order valence-electron chi connectivity index (χ4n) is 0.932. The summed E-state index contributed by atoms with van der Waals surface area (Å²) in [5.41, 5.74) is 0. The van der Waals surface area contributed by atoms with Gasteiger partial charge in [-0.3, -0.25) is 4.79 Å². The van der Waals surface area contributed by atoms with Gasteiger partial charge >= 0.3 is 0 Å². The number of thioether (sulfide) groups is 2. The summed E-state index contributed by atoms with van der Waals surface area (Å²) in [5.74, 6) is 3.18. The summed E-state index contributed by atoms with van der Waals surface area (Å²) >= 11 is 3.53. The lowest BCUT2D eigenvalue weighted by atomic mass is 10.4. The van der Waals surface area contributed by atoms with Gasteiger partial charge in [0.25, 0.3) is 0 Å². The van der Waals surface area contributed by atoms with Gasteiger partial charge in [0.2, 0.25) is 5.91 Å². The molecule has 0 bridgehead atoms. The number of carbonyl (C=O) groups is 1. The molecule has 1 rings (SSSR count). The van der Waals surface area contributed by atoms with E-state index in [1.54, 1.807) is 11.8 Å². The Bertz CT molecular complexity index is 148. The minimum Gasteiger partial charge on any atom is -0.395 e. The first-order chi connectivity index (χ1) is 5.84. The van der Waals surface area contributed by atoms with E-state index in [-0.39, 0.29) is 17.8 Å². The molecule has 1 fully saturated rings. The van der Waals surface area contributed by atoms with E-state index in [1.807, 2.05) is 11.8 Å². The number of aliphatic hydroxyl groups is 1. The maximum atomic E-state index is 11.3. The minimum atomic E-state index is 0.0241. The van der Waals surface area contributed by atoms with Gasteiger partial charge in [0.15, 0.2) is 0 Å². The molecule has 70 valence electrons. The molecule has 3 nitrogen and oxygen atoms in total. The van der Waals surface area contributed by atoms with Crippen molar-refractivity contribution >= 4 is 29.4 Å². The molecule has 1 aliphatic heterocycles. The zero-order valence-electron chi connectivity index (χ0n) is 6.78. The average Bonchev–Trinajstić information content (AvgIpc) is 2.15. The van der Waals surface area contributed by atoms with Crippen LogP contribution in [0.3, 0.4) is 0 Å². The predicted octanol–water partition coefficient (Wildman–Crippen LogP) is -0.0565. The van der Waals surface area contributed by atoms with Gasteiger partial charge in [0.05, 0.1) is 11.9 Å². The van der Waals surface area contributed by atoms with Crippen molar-refractivity contribution < 1.29 is 9.90 Å². The lowest BCUT2D eigenvalue weighted by molar-refractivity contribution is -0.120. The molecule has 0 radical (unpaired) electrons. The Morgan fingerprint density at radius 2 is 2.42 bits per heavy atom. The van der Waals surface area contributed by atoms with Crippen molar-refractivity contribution in [2.45, 2.75) is 5.25 Å². The van der Waals surface area contributed by atoms with Crippen molar-refractivity contribution in [1.82, 2.24) is 5.32 Å². The van der Waals surface area contributed by atoms with E-state index in [4.69, 9.17) is 5.11 Å². The second kappa shape index (κ2) is 5.72. The van der Waals surface area contributed by atoms with E-state index in [0.717, 1.165) is 17.3 Å². The van der Waals surface area contributed by atoms with Crippen LogP contribution in [0.25, 0.3) is 0 Å². The Labute approximate surface area is 80.7 Å². The molecule has 12 heavy (non-hydrogen) atoms. The van der Waals surface area contributed by atoms with Crippen LogP contribution < -0.4 is 5.32 Å². The zero-order chi connectivity index (χ0) is 8.81. The fraction of sp³-hybridized carbons (Fsp3) is 0.857. The molecule has 0 aromatic carbocycles. The number of carbonyl (C=O) groups excluding carboxylic acids is 1. The Morgan fingerprint density at radius 1 is 1.58 bits per heavy atom. The van der Waals surface area contributed by atoms with Gasteiger partial charge in [-0.05, 0) is 0 Å². The number of nitrogens with one attached hydrogen (secondary N) is 1.